The Morgan fingerprint density at radius 3 is 1.88 bits per heavy atom. The molecular formula is C18H28N6. The third kappa shape index (κ3) is 7.61. The van der Waals surface area contributed by atoms with Gasteiger partial charge in [0.1, 0.15) is 0 Å². The molecule has 0 radical (unpaired) electrons. The topological polar surface area (TPSA) is 79.1 Å². The number of rotatable bonds is 12. The molecule has 0 bridgehead atoms. The highest BCUT2D eigenvalue weighted by molar-refractivity contribution is 5.06. The van der Waals surface area contributed by atoms with Crippen LogP contribution >= 0.6 is 0 Å². The first-order valence-electron chi connectivity index (χ1n) is 8.52. The molecule has 0 spiro atoms. The van der Waals surface area contributed by atoms with Gasteiger partial charge in [0.25, 0.3) is 0 Å². The van der Waals surface area contributed by atoms with E-state index in [1.807, 2.05) is 36.7 Å². The molecule has 2 heterocycles. The minimum absolute atomic E-state index is 0.682. The van der Waals surface area contributed by atoms with Gasteiger partial charge in [0.15, 0.2) is 0 Å². The van der Waals surface area contributed by atoms with Gasteiger partial charge in [-0.05, 0) is 24.3 Å². The molecule has 0 atom stereocenters. The summed E-state index contributed by atoms with van der Waals surface area (Å²) in [6, 6.07) is 12.1. The molecule has 2 aromatic heterocycles. The summed E-state index contributed by atoms with van der Waals surface area (Å²) in [4.78, 5) is 11.2. The van der Waals surface area contributed by atoms with Crippen molar-refractivity contribution in [2.24, 2.45) is 5.73 Å². The molecule has 4 N–H and O–H groups in total. The molecule has 0 unspecified atom stereocenters. The van der Waals surface area contributed by atoms with E-state index in [1.54, 1.807) is 0 Å². The number of hydrogen-bond donors (Lipinski definition) is 3. The van der Waals surface area contributed by atoms with Crippen molar-refractivity contribution in [3.05, 3.63) is 60.2 Å². The van der Waals surface area contributed by atoms with Gasteiger partial charge in [-0.3, -0.25) is 14.9 Å². The van der Waals surface area contributed by atoms with Crippen molar-refractivity contribution in [2.45, 2.75) is 13.1 Å². The van der Waals surface area contributed by atoms with Crippen LogP contribution in [0.2, 0.25) is 0 Å². The Kier molecular flexibility index (Phi) is 8.96. The van der Waals surface area contributed by atoms with Gasteiger partial charge in [0, 0.05) is 64.8 Å². The highest BCUT2D eigenvalue weighted by atomic mass is 15.2. The van der Waals surface area contributed by atoms with E-state index in [1.165, 1.54) is 0 Å². The average molecular weight is 328 g/mol. The predicted molar refractivity (Wildman–Crippen MR) is 97.4 cm³/mol. The lowest BCUT2D eigenvalue weighted by molar-refractivity contribution is 0.250. The van der Waals surface area contributed by atoms with Crippen molar-refractivity contribution in [1.82, 2.24) is 25.5 Å². The molecule has 0 amide bonds. The summed E-state index contributed by atoms with van der Waals surface area (Å²) >= 11 is 0. The number of nitrogens with one attached hydrogen (secondary N) is 2. The van der Waals surface area contributed by atoms with E-state index in [-0.39, 0.29) is 0 Å². The molecule has 6 heteroatoms. The first-order valence-corrected chi connectivity index (χ1v) is 8.52. The van der Waals surface area contributed by atoms with Crippen LogP contribution in [-0.4, -0.2) is 54.1 Å². The smallest absolute Gasteiger partial charge is 0.0544 e. The van der Waals surface area contributed by atoms with Crippen LogP contribution in [0.1, 0.15) is 11.4 Å². The monoisotopic (exact) mass is 328 g/mol. The maximum Gasteiger partial charge on any atom is 0.0544 e. The molecule has 24 heavy (non-hydrogen) atoms. The number of pyridine rings is 2. The van der Waals surface area contributed by atoms with Crippen LogP contribution in [0.25, 0.3) is 0 Å². The zero-order chi connectivity index (χ0) is 16.9. The first kappa shape index (κ1) is 18.5. The Balaban J connectivity index is 1.79. The van der Waals surface area contributed by atoms with E-state index in [0.29, 0.717) is 6.54 Å². The molecular weight excluding hydrogens is 300 g/mol. The summed E-state index contributed by atoms with van der Waals surface area (Å²) in [6.07, 6.45) is 3.69. The maximum absolute atomic E-state index is 5.45. The predicted octanol–water partition coefficient (Wildman–Crippen LogP) is 0.617. The van der Waals surface area contributed by atoms with Gasteiger partial charge in [-0.2, -0.15) is 0 Å². The van der Waals surface area contributed by atoms with Crippen LogP contribution in [0.15, 0.2) is 48.8 Å². The van der Waals surface area contributed by atoms with Gasteiger partial charge in [-0.25, -0.2) is 0 Å². The second-order valence-electron chi connectivity index (χ2n) is 5.64. The SMILES string of the molecule is NCCNCCNCCN(Cc1ccccn1)Cc1ccccn1. The minimum atomic E-state index is 0.682. The van der Waals surface area contributed by atoms with E-state index >= 15 is 0 Å². The minimum Gasteiger partial charge on any atom is -0.329 e. The fourth-order valence-electron chi connectivity index (χ4n) is 2.42. The molecule has 2 rings (SSSR count). The lowest BCUT2D eigenvalue weighted by atomic mass is 10.3. The second-order valence-corrected chi connectivity index (χ2v) is 5.64. The maximum atomic E-state index is 5.45. The van der Waals surface area contributed by atoms with E-state index < -0.39 is 0 Å². The van der Waals surface area contributed by atoms with Crippen LogP contribution in [-0.2, 0) is 13.1 Å². The third-order valence-corrected chi connectivity index (χ3v) is 3.63. The Bertz CT molecular complexity index is 492. The zero-order valence-corrected chi connectivity index (χ0v) is 14.2. The van der Waals surface area contributed by atoms with Crippen LogP contribution in [0, 0.1) is 0 Å². The Labute approximate surface area is 144 Å². The normalized spacial score (nSPS) is 11.1. The first-order chi connectivity index (χ1) is 11.9. The average Bonchev–Trinajstić information content (AvgIpc) is 2.62. The van der Waals surface area contributed by atoms with Crippen molar-refractivity contribution in [1.29, 1.82) is 0 Å². The van der Waals surface area contributed by atoms with Gasteiger partial charge in [-0.1, -0.05) is 12.1 Å². The Morgan fingerprint density at radius 1 is 0.792 bits per heavy atom. The van der Waals surface area contributed by atoms with Crippen molar-refractivity contribution in [3.8, 4) is 0 Å². The van der Waals surface area contributed by atoms with Crippen molar-refractivity contribution < 1.29 is 0 Å². The molecule has 0 aliphatic heterocycles. The zero-order valence-electron chi connectivity index (χ0n) is 14.2. The lowest BCUT2D eigenvalue weighted by Crippen LogP contribution is -2.36. The molecule has 0 fully saturated rings. The fourth-order valence-corrected chi connectivity index (χ4v) is 2.42. The van der Waals surface area contributed by atoms with Crippen LogP contribution in [0.3, 0.4) is 0 Å². The molecule has 0 aromatic carbocycles. The molecule has 6 nitrogen and oxygen atoms in total. The molecule has 0 saturated heterocycles. The van der Waals surface area contributed by atoms with Crippen LogP contribution < -0.4 is 16.4 Å². The van der Waals surface area contributed by atoms with Gasteiger partial charge in [0.05, 0.1) is 11.4 Å². The number of aromatic nitrogens is 2. The molecule has 0 aliphatic carbocycles. The summed E-state index contributed by atoms with van der Waals surface area (Å²) in [5, 5.41) is 6.74. The lowest BCUT2D eigenvalue weighted by Gasteiger charge is -2.22. The van der Waals surface area contributed by atoms with E-state index in [2.05, 4.69) is 37.6 Å². The summed E-state index contributed by atoms with van der Waals surface area (Å²) in [5.41, 5.74) is 7.62. The summed E-state index contributed by atoms with van der Waals surface area (Å²) in [6.45, 7) is 6.97. The molecule has 2 aromatic rings. The van der Waals surface area contributed by atoms with Crippen molar-refractivity contribution in [2.75, 3.05) is 39.3 Å². The summed E-state index contributed by atoms with van der Waals surface area (Å²) in [7, 11) is 0. The van der Waals surface area contributed by atoms with Gasteiger partial charge in [-0.15, -0.1) is 0 Å². The Morgan fingerprint density at radius 2 is 1.38 bits per heavy atom. The highest BCUT2D eigenvalue weighted by Crippen LogP contribution is 2.06. The fraction of sp³-hybridized carbons (Fsp3) is 0.444. The van der Waals surface area contributed by atoms with Gasteiger partial charge >= 0.3 is 0 Å². The molecule has 130 valence electrons. The van der Waals surface area contributed by atoms with Crippen LogP contribution in [0.4, 0.5) is 0 Å². The van der Waals surface area contributed by atoms with Gasteiger partial charge < -0.3 is 16.4 Å². The molecule has 0 aliphatic rings. The van der Waals surface area contributed by atoms with E-state index in [4.69, 9.17) is 5.73 Å². The van der Waals surface area contributed by atoms with Crippen LogP contribution in [0.5, 0.6) is 0 Å². The second kappa shape index (κ2) is 11.6. The molecule has 0 saturated carbocycles. The summed E-state index contributed by atoms with van der Waals surface area (Å²) < 4.78 is 0. The quantitative estimate of drug-likeness (QED) is 0.496. The Hall–Kier alpha value is -1.86. The third-order valence-electron chi connectivity index (χ3n) is 3.63. The highest BCUT2D eigenvalue weighted by Gasteiger charge is 2.08. The number of hydrogen-bond acceptors (Lipinski definition) is 6. The van der Waals surface area contributed by atoms with Crippen molar-refractivity contribution >= 4 is 0 Å². The van der Waals surface area contributed by atoms with E-state index in [9.17, 15) is 0 Å². The largest absolute Gasteiger partial charge is 0.329 e. The van der Waals surface area contributed by atoms with Crippen molar-refractivity contribution in [3.63, 3.8) is 0 Å². The number of nitrogens with two attached hydrogens (primary N) is 1. The standard InChI is InChI=1S/C18H28N6/c19-7-10-20-11-12-21-13-14-24(15-17-5-1-3-8-22-17)16-18-6-2-4-9-23-18/h1-6,8-9,20-21H,7,10-16,19H2. The van der Waals surface area contributed by atoms with E-state index in [0.717, 1.165) is 57.2 Å². The summed E-state index contributed by atoms with van der Waals surface area (Å²) in [5.74, 6) is 0. The number of nitrogens with zero attached hydrogens (tertiary/aromatic N) is 3. The van der Waals surface area contributed by atoms with Gasteiger partial charge in [0.2, 0.25) is 0 Å².